The molecule has 0 aromatic carbocycles. The Hall–Kier alpha value is -1.85. The normalized spacial score (nSPS) is 29.8. The SMILES string of the molecule is CC1CN(CC#Cc2c[nH]c(=O)c(N3CCOC4(COC4)C3C)c2)CC(C)O1. The van der Waals surface area contributed by atoms with Crippen LogP contribution in [-0.4, -0.2) is 79.7 Å². The molecule has 1 N–H and O–H groups in total. The number of ether oxygens (including phenoxy) is 3. The number of morpholine rings is 2. The zero-order chi connectivity index (χ0) is 19.7. The molecule has 7 heteroatoms. The second-order valence-electron chi connectivity index (χ2n) is 8.13. The van der Waals surface area contributed by atoms with Gasteiger partial charge in [0.1, 0.15) is 11.3 Å². The van der Waals surface area contributed by atoms with Crippen LogP contribution in [0, 0.1) is 11.8 Å². The lowest BCUT2D eigenvalue weighted by Gasteiger charge is -2.53. The van der Waals surface area contributed by atoms with Gasteiger partial charge in [-0.15, -0.1) is 0 Å². The smallest absolute Gasteiger partial charge is 0.271 e. The highest BCUT2D eigenvalue weighted by Gasteiger charge is 2.50. The van der Waals surface area contributed by atoms with Crippen molar-refractivity contribution in [1.29, 1.82) is 0 Å². The first-order chi connectivity index (χ1) is 13.5. The fourth-order valence-corrected chi connectivity index (χ4v) is 4.33. The number of aromatic nitrogens is 1. The van der Waals surface area contributed by atoms with Crippen LogP contribution in [0.1, 0.15) is 26.3 Å². The predicted molar refractivity (Wildman–Crippen MR) is 107 cm³/mol. The molecule has 3 aliphatic rings. The predicted octanol–water partition coefficient (Wildman–Crippen LogP) is 0.830. The molecule has 28 heavy (non-hydrogen) atoms. The largest absolute Gasteiger partial charge is 0.375 e. The minimum atomic E-state index is -0.296. The molecule has 1 aromatic rings. The second kappa shape index (κ2) is 7.88. The van der Waals surface area contributed by atoms with Crippen molar-refractivity contribution in [3.05, 3.63) is 28.2 Å². The minimum Gasteiger partial charge on any atom is -0.375 e. The molecule has 1 spiro atoms. The lowest BCUT2D eigenvalue weighted by Crippen LogP contribution is -2.68. The van der Waals surface area contributed by atoms with Crippen molar-refractivity contribution >= 4 is 5.69 Å². The lowest BCUT2D eigenvalue weighted by atomic mass is 9.90. The van der Waals surface area contributed by atoms with Crippen LogP contribution in [-0.2, 0) is 14.2 Å². The number of aromatic amines is 1. The summed E-state index contributed by atoms with van der Waals surface area (Å²) in [5.74, 6) is 6.45. The van der Waals surface area contributed by atoms with Crippen molar-refractivity contribution in [2.45, 2.75) is 44.6 Å². The van der Waals surface area contributed by atoms with E-state index in [0.717, 1.165) is 18.7 Å². The number of nitrogens with one attached hydrogen (secondary N) is 1. The Labute approximate surface area is 165 Å². The van der Waals surface area contributed by atoms with E-state index in [2.05, 4.69) is 47.4 Å². The van der Waals surface area contributed by atoms with Crippen LogP contribution >= 0.6 is 0 Å². The number of hydrogen-bond donors (Lipinski definition) is 1. The topological polar surface area (TPSA) is 67.0 Å². The summed E-state index contributed by atoms with van der Waals surface area (Å²) in [6.45, 7) is 11.2. The van der Waals surface area contributed by atoms with Gasteiger partial charge in [0, 0.05) is 31.4 Å². The van der Waals surface area contributed by atoms with Gasteiger partial charge in [-0.2, -0.15) is 0 Å². The molecule has 3 fully saturated rings. The molecule has 3 aliphatic heterocycles. The summed E-state index contributed by atoms with van der Waals surface area (Å²) < 4.78 is 17.1. The number of nitrogens with zero attached hydrogens (tertiary/aromatic N) is 2. The van der Waals surface area contributed by atoms with Gasteiger partial charge in [-0.25, -0.2) is 0 Å². The highest BCUT2D eigenvalue weighted by molar-refractivity contribution is 5.52. The van der Waals surface area contributed by atoms with E-state index in [0.29, 0.717) is 38.6 Å². The summed E-state index contributed by atoms with van der Waals surface area (Å²) in [6, 6.07) is 1.97. The third kappa shape index (κ3) is 3.83. The fourth-order valence-electron chi connectivity index (χ4n) is 4.33. The summed E-state index contributed by atoms with van der Waals surface area (Å²) in [6.07, 6.45) is 2.16. The average Bonchev–Trinajstić information content (AvgIpc) is 2.61. The molecular weight excluding hydrogens is 358 g/mol. The Balaban J connectivity index is 1.48. The van der Waals surface area contributed by atoms with Crippen molar-refractivity contribution in [2.75, 3.05) is 50.9 Å². The zero-order valence-corrected chi connectivity index (χ0v) is 16.9. The van der Waals surface area contributed by atoms with Gasteiger partial charge in [-0.05, 0) is 26.8 Å². The Morgan fingerprint density at radius 2 is 2.00 bits per heavy atom. The van der Waals surface area contributed by atoms with E-state index in [9.17, 15) is 4.79 Å². The van der Waals surface area contributed by atoms with Crippen molar-refractivity contribution in [1.82, 2.24) is 9.88 Å². The molecule has 3 saturated heterocycles. The highest BCUT2D eigenvalue weighted by atomic mass is 16.6. The van der Waals surface area contributed by atoms with Crippen LogP contribution < -0.4 is 10.5 Å². The summed E-state index contributed by atoms with van der Waals surface area (Å²) in [4.78, 5) is 19.8. The molecule has 0 radical (unpaired) electrons. The van der Waals surface area contributed by atoms with E-state index in [4.69, 9.17) is 14.2 Å². The maximum Gasteiger partial charge on any atom is 0.271 e. The standard InChI is InChI=1S/C21H29N3O4/c1-15-11-23(12-16(2)28-15)6-4-5-18-9-19(20(25)22-10-18)24-7-8-27-21(17(24)3)13-26-14-21/h9-10,15-17H,6-8,11-14H2,1-3H3,(H,22,25). The first-order valence-corrected chi connectivity index (χ1v) is 10.0. The molecule has 3 atom stereocenters. The van der Waals surface area contributed by atoms with Gasteiger partial charge in [0.05, 0.1) is 44.6 Å². The monoisotopic (exact) mass is 387 g/mol. The van der Waals surface area contributed by atoms with E-state index < -0.39 is 0 Å². The summed E-state index contributed by atoms with van der Waals surface area (Å²) in [5, 5.41) is 0. The lowest BCUT2D eigenvalue weighted by molar-refractivity contribution is -0.228. The van der Waals surface area contributed by atoms with E-state index >= 15 is 0 Å². The molecule has 0 bridgehead atoms. The Kier molecular flexibility index (Phi) is 5.48. The van der Waals surface area contributed by atoms with Crippen LogP contribution in [0.3, 0.4) is 0 Å². The zero-order valence-electron chi connectivity index (χ0n) is 16.9. The van der Waals surface area contributed by atoms with Crippen LogP contribution in [0.25, 0.3) is 0 Å². The number of rotatable bonds is 2. The maximum atomic E-state index is 12.5. The first-order valence-electron chi connectivity index (χ1n) is 10.0. The molecule has 152 valence electrons. The van der Waals surface area contributed by atoms with Gasteiger partial charge >= 0.3 is 0 Å². The summed E-state index contributed by atoms with van der Waals surface area (Å²) >= 11 is 0. The quantitative estimate of drug-likeness (QED) is 0.759. The van der Waals surface area contributed by atoms with Crippen molar-refractivity contribution in [2.24, 2.45) is 0 Å². The number of pyridine rings is 1. The van der Waals surface area contributed by atoms with E-state index in [1.54, 1.807) is 6.20 Å². The van der Waals surface area contributed by atoms with Crippen LogP contribution in [0.2, 0.25) is 0 Å². The molecule has 0 aliphatic carbocycles. The molecule has 3 unspecified atom stereocenters. The molecule has 0 amide bonds. The molecular formula is C21H29N3O4. The highest BCUT2D eigenvalue weighted by Crippen LogP contribution is 2.34. The average molecular weight is 387 g/mol. The van der Waals surface area contributed by atoms with E-state index in [1.807, 2.05) is 6.07 Å². The summed E-state index contributed by atoms with van der Waals surface area (Å²) in [5.41, 5.74) is 1.09. The summed E-state index contributed by atoms with van der Waals surface area (Å²) in [7, 11) is 0. The third-order valence-corrected chi connectivity index (χ3v) is 5.87. The maximum absolute atomic E-state index is 12.5. The van der Waals surface area contributed by atoms with Crippen molar-refractivity contribution in [3.63, 3.8) is 0 Å². The van der Waals surface area contributed by atoms with Gasteiger partial charge in [0.15, 0.2) is 0 Å². The first kappa shape index (κ1) is 19.5. The van der Waals surface area contributed by atoms with Crippen LogP contribution in [0.5, 0.6) is 0 Å². The Morgan fingerprint density at radius 3 is 2.68 bits per heavy atom. The minimum absolute atomic E-state index is 0.0793. The van der Waals surface area contributed by atoms with Crippen molar-refractivity contribution in [3.8, 4) is 11.8 Å². The Morgan fingerprint density at radius 1 is 1.25 bits per heavy atom. The second-order valence-corrected chi connectivity index (χ2v) is 8.13. The van der Waals surface area contributed by atoms with Gasteiger partial charge in [-0.3, -0.25) is 9.69 Å². The van der Waals surface area contributed by atoms with Crippen LogP contribution in [0.15, 0.2) is 17.1 Å². The molecule has 0 saturated carbocycles. The van der Waals surface area contributed by atoms with E-state index in [1.165, 1.54) is 0 Å². The molecule has 4 heterocycles. The number of H-pyrrole nitrogens is 1. The van der Waals surface area contributed by atoms with Crippen LogP contribution in [0.4, 0.5) is 5.69 Å². The third-order valence-electron chi connectivity index (χ3n) is 5.87. The number of hydrogen-bond acceptors (Lipinski definition) is 6. The van der Waals surface area contributed by atoms with Gasteiger partial charge in [-0.1, -0.05) is 11.8 Å². The fraction of sp³-hybridized carbons (Fsp3) is 0.667. The molecule has 1 aromatic heterocycles. The molecule has 7 nitrogen and oxygen atoms in total. The van der Waals surface area contributed by atoms with E-state index in [-0.39, 0.29) is 29.4 Å². The van der Waals surface area contributed by atoms with Crippen molar-refractivity contribution < 1.29 is 14.2 Å². The number of anilines is 1. The Bertz CT molecular complexity index is 813. The van der Waals surface area contributed by atoms with Gasteiger partial charge in [0.25, 0.3) is 5.56 Å². The van der Waals surface area contributed by atoms with Gasteiger partial charge < -0.3 is 24.1 Å². The van der Waals surface area contributed by atoms with Gasteiger partial charge in [0.2, 0.25) is 0 Å². The molecule has 4 rings (SSSR count).